The van der Waals surface area contributed by atoms with Crippen LogP contribution < -0.4 is 15.0 Å². The number of nitrogens with zero attached hydrogens (tertiary/aromatic N) is 3. The van der Waals surface area contributed by atoms with E-state index in [4.69, 9.17) is 4.74 Å². The molecule has 0 spiro atoms. The van der Waals surface area contributed by atoms with Gasteiger partial charge in [-0.15, -0.1) is 0 Å². The van der Waals surface area contributed by atoms with Crippen LogP contribution >= 0.6 is 0 Å². The molecular formula is C19H26N4O2. The molecule has 0 bridgehead atoms. The van der Waals surface area contributed by atoms with Crippen molar-refractivity contribution in [3.05, 3.63) is 42.2 Å². The van der Waals surface area contributed by atoms with Gasteiger partial charge in [0.05, 0.1) is 24.5 Å². The molecule has 0 aliphatic carbocycles. The molecule has 2 atom stereocenters. The smallest absolute Gasteiger partial charge is 0.244 e. The number of carbonyl (C=O) groups excluding carboxylic acids is 1. The van der Waals surface area contributed by atoms with Crippen molar-refractivity contribution in [2.24, 2.45) is 7.05 Å². The van der Waals surface area contributed by atoms with Crippen molar-refractivity contribution in [3.8, 4) is 5.75 Å². The number of rotatable bonds is 6. The van der Waals surface area contributed by atoms with E-state index in [1.54, 1.807) is 10.9 Å². The maximum absolute atomic E-state index is 12.9. The van der Waals surface area contributed by atoms with Crippen LogP contribution in [-0.4, -0.2) is 34.9 Å². The molecule has 0 unspecified atom stereocenters. The fourth-order valence-corrected chi connectivity index (χ4v) is 3.27. The molecule has 1 amide bonds. The van der Waals surface area contributed by atoms with Crippen molar-refractivity contribution in [3.63, 3.8) is 0 Å². The van der Waals surface area contributed by atoms with Gasteiger partial charge in [0.2, 0.25) is 5.91 Å². The zero-order chi connectivity index (χ0) is 17.8. The third-order valence-corrected chi connectivity index (χ3v) is 4.56. The van der Waals surface area contributed by atoms with Gasteiger partial charge in [0.1, 0.15) is 5.75 Å². The first-order valence-electron chi connectivity index (χ1n) is 8.87. The average Bonchev–Trinajstić information content (AvgIpc) is 3.03. The summed E-state index contributed by atoms with van der Waals surface area (Å²) in [7, 11) is 1.86. The molecule has 3 rings (SSSR count). The highest BCUT2D eigenvalue weighted by Gasteiger charge is 2.31. The molecular weight excluding hydrogens is 316 g/mol. The molecule has 1 saturated heterocycles. The summed E-state index contributed by atoms with van der Waals surface area (Å²) >= 11 is 0. The predicted molar refractivity (Wildman–Crippen MR) is 97.7 cm³/mol. The van der Waals surface area contributed by atoms with Gasteiger partial charge in [0.15, 0.2) is 0 Å². The maximum atomic E-state index is 12.9. The number of nitrogens with one attached hydrogen (secondary N) is 1. The number of aryl methyl sites for hydroxylation is 1. The Hall–Kier alpha value is -2.34. The zero-order valence-electron chi connectivity index (χ0n) is 15.1. The van der Waals surface area contributed by atoms with Gasteiger partial charge in [0.25, 0.3) is 0 Å². The monoisotopic (exact) mass is 342 g/mol. The summed E-state index contributed by atoms with van der Waals surface area (Å²) in [4.78, 5) is 14.7. The molecule has 2 heterocycles. The van der Waals surface area contributed by atoms with Crippen LogP contribution in [0.4, 0.5) is 5.69 Å². The number of aromatic nitrogens is 2. The Morgan fingerprint density at radius 1 is 1.44 bits per heavy atom. The highest BCUT2D eigenvalue weighted by molar-refractivity contribution is 5.97. The van der Waals surface area contributed by atoms with Crippen LogP contribution in [0.3, 0.4) is 0 Å². The third kappa shape index (κ3) is 4.02. The molecule has 1 aliphatic heterocycles. The maximum Gasteiger partial charge on any atom is 0.244 e. The molecule has 2 aromatic rings. The second-order valence-electron chi connectivity index (χ2n) is 6.45. The standard InChI is InChI=1S/C19H26N4O2/c1-4-25-17-8-5-7-15(11-17)14(2)21-18-9-6-10-23(19(18)24)16-12-20-22(3)13-16/h5,7-8,11-14,18,21H,4,6,9-10H2,1-3H3/t14-,18+/m1/s1. The number of carbonyl (C=O) groups is 1. The number of amides is 1. The number of piperidine rings is 1. The topological polar surface area (TPSA) is 59.4 Å². The lowest BCUT2D eigenvalue weighted by Crippen LogP contribution is -2.51. The minimum absolute atomic E-state index is 0.0724. The van der Waals surface area contributed by atoms with E-state index in [9.17, 15) is 4.79 Å². The predicted octanol–water partition coefficient (Wildman–Crippen LogP) is 2.67. The molecule has 1 N–H and O–H groups in total. The van der Waals surface area contributed by atoms with Gasteiger partial charge in [-0.2, -0.15) is 5.10 Å². The summed E-state index contributed by atoms with van der Waals surface area (Å²) in [6.45, 7) is 5.45. The third-order valence-electron chi connectivity index (χ3n) is 4.56. The lowest BCUT2D eigenvalue weighted by molar-refractivity contribution is -0.122. The first-order chi connectivity index (χ1) is 12.1. The summed E-state index contributed by atoms with van der Waals surface area (Å²) < 4.78 is 7.30. The van der Waals surface area contributed by atoms with Gasteiger partial charge in [-0.05, 0) is 44.4 Å². The van der Waals surface area contributed by atoms with Crippen LogP contribution in [0.15, 0.2) is 36.7 Å². The Morgan fingerprint density at radius 3 is 3.00 bits per heavy atom. The van der Waals surface area contributed by atoms with Crippen LogP contribution in [0.5, 0.6) is 5.75 Å². The molecule has 1 aliphatic rings. The van der Waals surface area contributed by atoms with Crippen molar-refractivity contribution < 1.29 is 9.53 Å². The van der Waals surface area contributed by atoms with E-state index in [1.165, 1.54) is 0 Å². The fraction of sp³-hybridized carbons (Fsp3) is 0.474. The van der Waals surface area contributed by atoms with Gasteiger partial charge < -0.3 is 9.64 Å². The van der Waals surface area contributed by atoms with E-state index >= 15 is 0 Å². The molecule has 0 saturated carbocycles. The Bertz CT molecular complexity index is 728. The van der Waals surface area contributed by atoms with E-state index in [1.807, 2.05) is 43.3 Å². The molecule has 0 radical (unpaired) electrons. The Kier molecular flexibility index (Phi) is 5.38. The fourth-order valence-electron chi connectivity index (χ4n) is 3.27. The molecule has 1 fully saturated rings. The van der Waals surface area contributed by atoms with Gasteiger partial charge in [0, 0.05) is 25.8 Å². The van der Waals surface area contributed by atoms with Crippen molar-refractivity contribution >= 4 is 11.6 Å². The molecule has 1 aromatic heterocycles. The molecule has 25 heavy (non-hydrogen) atoms. The van der Waals surface area contributed by atoms with Crippen LogP contribution in [0, 0.1) is 0 Å². The van der Waals surface area contributed by atoms with Gasteiger partial charge in [-0.25, -0.2) is 0 Å². The summed E-state index contributed by atoms with van der Waals surface area (Å²) in [6, 6.07) is 7.93. The normalized spacial score (nSPS) is 19.1. The van der Waals surface area contributed by atoms with Crippen molar-refractivity contribution in [2.75, 3.05) is 18.1 Å². The number of hydrogen-bond donors (Lipinski definition) is 1. The minimum Gasteiger partial charge on any atom is -0.494 e. The van der Waals surface area contributed by atoms with Crippen LogP contribution in [-0.2, 0) is 11.8 Å². The minimum atomic E-state index is -0.181. The summed E-state index contributed by atoms with van der Waals surface area (Å²) in [5.74, 6) is 0.979. The van der Waals surface area contributed by atoms with E-state index < -0.39 is 0 Å². The number of benzene rings is 1. The van der Waals surface area contributed by atoms with E-state index in [0.717, 1.165) is 36.4 Å². The van der Waals surface area contributed by atoms with E-state index in [2.05, 4.69) is 23.4 Å². The van der Waals surface area contributed by atoms with E-state index in [-0.39, 0.29) is 18.0 Å². The lowest BCUT2D eigenvalue weighted by Gasteiger charge is -2.33. The second kappa shape index (κ2) is 7.70. The number of ether oxygens (including phenoxy) is 1. The SMILES string of the molecule is CCOc1cccc([C@@H](C)N[C@H]2CCCN(c3cnn(C)c3)C2=O)c1. The van der Waals surface area contributed by atoms with Crippen LogP contribution in [0.25, 0.3) is 0 Å². The lowest BCUT2D eigenvalue weighted by atomic mass is 10.0. The summed E-state index contributed by atoms with van der Waals surface area (Å²) in [6.07, 6.45) is 5.46. The van der Waals surface area contributed by atoms with E-state index in [0.29, 0.717) is 6.61 Å². The van der Waals surface area contributed by atoms with Crippen LogP contribution in [0.2, 0.25) is 0 Å². The zero-order valence-corrected chi connectivity index (χ0v) is 15.1. The van der Waals surface area contributed by atoms with Crippen molar-refractivity contribution in [1.29, 1.82) is 0 Å². The highest BCUT2D eigenvalue weighted by atomic mass is 16.5. The van der Waals surface area contributed by atoms with Crippen molar-refractivity contribution in [1.82, 2.24) is 15.1 Å². The molecule has 6 nitrogen and oxygen atoms in total. The summed E-state index contributed by atoms with van der Waals surface area (Å²) in [5.41, 5.74) is 1.99. The Morgan fingerprint density at radius 2 is 2.28 bits per heavy atom. The number of hydrogen-bond acceptors (Lipinski definition) is 4. The Labute approximate surface area is 148 Å². The van der Waals surface area contributed by atoms with Gasteiger partial charge in [-0.3, -0.25) is 14.8 Å². The molecule has 1 aromatic carbocycles. The van der Waals surface area contributed by atoms with Crippen molar-refractivity contribution in [2.45, 2.75) is 38.8 Å². The first-order valence-corrected chi connectivity index (χ1v) is 8.87. The Balaban J connectivity index is 1.69. The highest BCUT2D eigenvalue weighted by Crippen LogP contribution is 2.24. The molecule has 6 heteroatoms. The average molecular weight is 342 g/mol. The van der Waals surface area contributed by atoms with Gasteiger partial charge >= 0.3 is 0 Å². The second-order valence-corrected chi connectivity index (χ2v) is 6.45. The van der Waals surface area contributed by atoms with Gasteiger partial charge in [-0.1, -0.05) is 12.1 Å². The first kappa shape index (κ1) is 17.5. The quantitative estimate of drug-likeness (QED) is 0.877. The molecule has 134 valence electrons. The van der Waals surface area contributed by atoms with Crippen LogP contribution in [0.1, 0.15) is 38.3 Å². The summed E-state index contributed by atoms with van der Waals surface area (Å²) in [5, 5.41) is 7.66. The largest absolute Gasteiger partial charge is 0.494 e. The number of anilines is 1.